The van der Waals surface area contributed by atoms with Gasteiger partial charge < -0.3 is 9.47 Å². The molecular formula is C16H17BrO2. The van der Waals surface area contributed by atoms with E-state index in [1.165, 1.54) is 5.56 Å². The van der Waals surface area contributed by atoms with Gasteiger partial charge in [0, 0.05) is 0 Å². The van der Waals surface area contributed by atoms with Crippen molar-refractivity contribution in [1.82, 2.24) is 0 Å². The number of benzene rings is 2. The molecule has 0 saturated heterocycles. The third-order valence-electron chi connectivity index (χ3n) is 2.89. The molecule has 2 aromatic rings. The Bertz CT molecular complexity index is 556. The fraction of sp³-hybridized carbons (Fsp3) is 0.250. The number of halogens is 1. The molecule has 0 amide bonds. The van der Waals surface area contributed by atoms with Crippen LogP contribution in [-0.4, -0.2) is 7.11 Å². The van der Waals surface area contributed by atoms with Crippen molar-refractivity contribution in [3.8, 4) is 11.5 Å². The predicted octanol–water partition coefficient (Wildman–Crippen LogP) is 4.65. The molecule has 2 rings (SSSR count). The zero-order valence-corrected chi connectivity index (χ0v) is 13.0. The van der Waals surface area contributed by atoms with Crippen LogP contribution in [0.3, 0.4) is 0 Å². The van der Waals surface area contributed by atoms with E-state index in [-0.39, 0.29) is 0 Å². The van der Waals surface area contributed by atoms with Crippen molar-refractivity contribution in [2.75, 3.05) is 7.11 Å². The summed E-state index contributed by atoms with van der Waals surface area (Å²) in [7, 11) is 1.67. The highest BCUT2D eigenvalue weighted by Gasteiger charge is 2.07. The minimum absolute atomic E-state index is 0.527. The van der Waals surface area contributed by atoms with Crippen molar-refractivity contribution >= 4 is 15.9 Å². The number of hydrogen-bond donors (Lipinski definition) is 0. The molecule has 2 nitrogen and oxygen atoms in total. The monoisotopic (exact) mass is 320 g/mol. The Morgan fingerprint density at radius 1 is 1.11 bits per heavy atom. The summed E-state index contributed by atoms with van der Waals surface area (Å²) in [6, 6.07) is 12.1. The van der Waals surface area contributed by atoms with Crippen molar-refractivity contribution in [2.45, 2.75) is 20.5 Å². The van der Waals surface area contributed by atoms with Crippen LogP contribution >= 0.6 is 15.9 Å². The lowest BCUT2D eigenvalue weighted by Gasteiger charge is -2.12. The summed E-state index contributed by atoms with van der Waals surface area (Å²) in [5, 5.41) is 0. The van der Waals surface area contributed by atoms with Gasteiger partial charge in [0.1, 0.15) is 18.1 Å². The van der Waals surface area contributed by atoms with E-state index in [0.29, 0.717) is 6.61 Å². The van der Waals surface area contributed by atoms with Crippen molar-refractivity contribution < 1.29 is 9.47 Å². The summed E-state index contributed by atoms with van der Waals surface area (Å²) in [4.78, 5) is 0. The second-order valence-corrected chi connectivity index (χ2v) is 5.39. The van der Waals surface area contributed by atoms with E-state index in [0.717, 1.165) is 27.1 Å². The molecule has 2 aromatic carbocycles. The Balaban J connectivity index is 2.14. The van der Waals surface area contributed by atoms with Gasteiger partial charge in [-0.25, -0.2) is 0 Å². The lowest BCUT2D eigenvalue weighted by Crippen LogP contribution is -1.98. The molecule has 0 aromatic heterocycles. The minimum atomic E-state index is 0.527. The van der Waals surface area contributed by atoms with Gasteiger partial charge in [0.15, 0.2) is 0 Å². The van der Waals surface area contributed by atoms with Crippen molar-refractivity contribution in [1.29, 1.82) is 0 Å². The normalized spacial score (nSPS) is 10.3. The van der Waals surface area contributed by atoms with Crippen LogP contribution in [-0.2, 0) is 6.61 Å². The summed E-state index contributed by atoms with van der Waals surface area (Å²) < 4.78 is 12.1. The minimum Gasteiger partial charge on any atom is -0.497 e. The third-order valence-corrected chi connectivity index (χ3v) is 3.48. The third kappa shape index (κ3) is 3.51. The lowest BCUT2D eigenvalue weighted by molar-refractivity contribution is 0.301. The van der Waals surface area contributed by atoms with Gasteiger partial charge in [0.25, 0.3) is 0 Å². The molecule has 0 fully saturated rings. The second kappa shape index (κ2) is 6.11. The number of methoxy groups -OCH3 is 1. The fourth-order valence-electron chi connectivity index (χ4n) is 2.00. The first kappa shape index (κ1) is 13.9. The summed E-state index contributed by atoms with van der Waals surface area (Å²) in [5.41, 5.74) is 3.44. The summed E-state index contributed by atoms with van der Waals surface area (Å²) in [6.07, 6.45) is 0. The van der Waals surface area contributed by atoms with Crippen LogP contribution in [0, 0.1) is 13.8 Å². The molecule has 3 heteroatoms. The van der Waals surface area contributed by atoms with Crippen LogP contribution in [0.5, 0.6) is 11.5 Å². The fourth-order valence-corrected chi connectivity index (χ4v) is 2.79. The molecule has 0 heterocycles. The van der Waals surface area contributed by atoms with Gasteiger partial charge in [0.05, 0.1) is 11.6 Å². The van der Waals surface area contributed by atoms with Gasteiger partial charge in [-0.3, -0.25) is 0 Å². The van der Waals surface area contributed by atoms with E-state index in [4.69, 9.17) is 9.47 Å². The van der Waals surface area contributed by atoms with E-state index >= 15 is 0 Å². The first-order valence-corrected chi connectivity index (χ1v) is 6.92. The van der Waals surface area contributed by atoms with E-state index in [2.05, 4.69) is 41.9 Å². The van der Waals surface area contributed by atoms with Gasteiger partial charge in [-0.15, -0.1) is 0 Å². The number of rotatable bonds is 4. The Morgan fingerprint density at radius 3 is 2.58 bits per heavy atom. The quantitative estimate of drug-likeness (QED) is 0.816. The lowest BCUT2D eigenvalue weighted by atomic mass is 10.1. The van der Waals surface area contributed by atoms with E-state index in [9.17, 15) is 0 Å². The highest BCUT2D eigenvalue weighted by molar-refractivity contribution is 9.10. The molecular weight excluding hydrogens is 304 g/mol. The smallest absolute Gasteiger partial charge is 0.136 e. The Hall–Kier alpha value is -1.48. The molecule has 0 atom stereocenters. The van der Waals surface area contributed by atoms with Crippen molar-refractivity contribution in [3.63, 3.8) is 0 Å². The molecule has 0 aliphatic rings. The van der Waals surface area contributed by atoms with E-state index in [1.54, 1.807) is 7.11 Å². The molecule has 0 aliphatic carbocycles. The van der Waals surface area contributed by atoms with Gasteiger partial charge in [-0.05, 0) is 64.7 Å². The number of aryl methyl sites for hydroxylation is 2. The molecule has 0 radical (unpaired) electrons. The second-order valence-electron chi connectivity index (χ2n) is 4.53. The van der Waals surface area contributed by atoms with Crippen molar-refractivity contribution in [2.24, 2.45) is 0 Å². The molecule has 19 heavy (non-hydrogen) atoms. The first-order valence-electron chi connectivity index (χ1n) is 6.12. The van der Waals surface area contributed by atoms with Crippen LogP contribution in [0.25, 0.3) is 0 Å². The molecule has 0 saturated carbocycles. The number of ether oxygens (including phenoxy) is 2. The Morgan fingerprint density at radius 2 is 1.89 bits per heavy atom. The molecule has 0 spiro atoms. The zero-order valence-electron chi connectivity index (χ0n) is 11.4. The van der Waals surface area contributed by atoms with E-state index in [1.807, 2.05) is 24.3 Å². The standard InChI is InChI=1S/C16H17BrO2/c1-11-7-12(2)16(15(17)8-11)19-10-13-5-4-6-14(9-13)18-3/h4-9H,10H2,1-3H3. The topological polar surface area (TPSA) is 18.5 Å². The van der Waals surface area contributed by atoms with Crippen LogP contribution < -0.4 is 9.47 Å². The highest BCUT2D eigenvalue weighted by atomic mass is 79.9. The van der Waals surface area contributed by atoms with E-state index < -0.39 is 0 Å². The van der Waals surface area contributed by atoms with Crippen LogP contribution in [0.4, 0.5) is 0 Å². The largest absolute Gasteiger partial charge is 0.497 e. The predicted molar refractivity (Wildman–Crippen MR) is 80.9 cm³/mol. The van der Waals surface area contributed by atoms with Crippen molar-refractivity contribution in [3.05, 3.63) is 57.6 Å². The van der Waals surface area contributed by atoms with Crippen LogP contribution in [0.1, 0.15) is 16.7 Å². The van der Waals surface area contributed by atoms with Crippen LogP contribution in [0.2, 0.25) is 0 Å². The Kier molecular flexibility index (Phi) is 4.48. The summed E-state index contributed by atoms with van der Waals surface area (Å²) in [5.74, 6) is 1.74. The SMILES string of the molecule is COc1cccc(COc2c(C)cc(C)cc2Br)c1. The zero-order chi connectivity index (χ0) is 13.8. The maximum atomic E-state index is 5.91. The maximum absolute atomic E-state index is 5.91. The molecule has 0 N–H and O–H groups in total. The summed E-state index contributed by atoms with van der Waals surface area (Å²) in [6.45, 7) is 4.65. The van der Waals surface area contributed by atoms with Gasteiger partial charge in [-0.2, -0.15) is 0 Å². The van der Waals surface area contributed by atoms with Gasteiger partial charge >= 0.3 is 0 Å². The Labute approximate surface area is 122 Å². The molecule has 0 unspecified atom stereocenters. The molecule has 0 aliphatic heterocycles. The average molecular weight is 321 g/mol. The molecule has 100 valence electrons. The summed E-state index contributed by atoms with van der Waals surface area (Å²) >= 11 is 3.55. The first-order chi connectivity index (χ1) is 9.10. The van der Waals surface area contributed by atoms with Gasteiger partial charge in [-0.1, -0.05) is 18.2 Å². The number of hydrogen-bond acceptors (Lipinski definition) is 2. The highest BCUT2D eigenvalue weighted by Crippen LogP contribution is 2.31. The van der Waals surface area contributed by atoms with Crippen LogP contribution in [0.15, 0.2) is 40.9 Å². The van der Waals surface area contributed by atoms with Gasteiger partial charge in [0.2, 0.25) is 0 Å². The average Bonchev–Trinajstić information content (AvgIpc) is 2.37. The maximum Gasteiger partial charge on any atom is 0.136 e. The molecule has 0 bridgehead atoms.